The highest BCUT2D eigenvalue weighted by atomic mass is 32.2. The smallest absolute Gasteiger partial charge is 0.230 e. The van der Waals surface area contributed by atoms with Gasteiger partial charge in [-0.05, 0) is 69.3 Å². The fourth-order valence-corrected chi connectivity index (χ4v) is 5.34. The van der Waals surface area contributed by atoms with Crippen LogP contribution in [0, 0.1) is 18.8 Å². The molecule has 1 amide bonds. The number of amides is 1. The Bertz CT molecular complexity index is 619. The summed E-state index contributed by atoms with van der Waals surface area (Å²) >= 11 is 1.48. The van der Waals surface area contributed by atoms with E-state index < -0.39 is 0 Å². The van der Waals surface area contributed by atoms with Crippen LogP contribution in [0.5, 0.6) is 0 Å². The zero-order valence-electron chi connectivity index (χ0n) is 13.8. The van der Waals surface area contributed by atoms with Gasteiger partial charge < -0.3 is 5.32 Å². The lowest BCUT2D eigenvalue weighted by Gasteiger charge is -2.22. The zero-order chi connectivity index (χ0) is 15.8. The van der Waals surface area contributed by atoms with E-state index in [1.165, 1.54) is 61.5 Å². The monoisotopic (exact) mass is 331 g/mol. The number of rotatable bonds is 4. The average Bonchev–Trinajstić information content (AvgIpc) is 3.16. The Hall–Kier alpha value is -1.10. The molecule has 1 aromatic rings. The van der Waals surface area contributed by atoms with Crippen molar-refractivity contribution in [3.8, 4) is 0 Å². The average molecular weight is 331 g/mol. The third-order valence-electron chi connectivity index (χ3n) is 5.79. The van der Waals surface area contributed by atoms with Gasteiger partial charge in [-0.3, -0.25) is 4.79 Å². The summed E-state index contributed by atoms with van der Waals surface area (Å²) < 4.78 is 0. The van der Waals surface area contributed by atoms with Gasteiger partial charge in [0.05, 0.1) is 5.75 Å². The van der Waals surface area contributed by atoms with Gasteiger partial charge in [-0.15, -0.1) is 0 Å². The second-order valence-electron chi connectivity index (χ2n) is 7.36. The Morgan fingerprint density at radius 1 is 1.22 bits per heavy atom. The molecule has 124 valence electrons. The lowest BCUT2D eigenvalue weighted by Crippen LogP contribution is -2.39. The van der Waals surface area contributed by atoms with Gasteiger partial charge in [0.1, 0.15) is 0 Å². The Kier molecular flexibility index (Phi) is 4.31. The van der Waals surface area contributed by atoms with Crippen molar-refractivity contribution in [3.63, 3.8) is 0 Å². The number of nitrogens with zero attached hydrogens (tertiary/aromatic N) is 2. The summed E-state index contributed by atoms with van der Waals surface area (Å²) in [5.41, 5.74) is 3.65. The number of thioether (sulfide) groups is 1. The molecule has 4 nitrogen and oxygen atoms in total. The van der Waals surface area contributed by atoms with Crippen molar-refractivity contribution in [2.45, 2.75) is 69.5 Å². The van der Waals surface area contributed by atoms with Crippen LogP contribution in [0.15, 0.2) is 5.16 Å². The Morgan fingerprint density at radius 2 is 2.09 bits per heavy atom. The summed E-state index contributed by atoms with van der Waals surface area (Å²) in [6.45, 7) is 2.07. The first-order valence-corrected chi connectivity index (χ1v) is 9.96. The summed E-state index contributed by atoms with van der Waals surface area (Å²) in [6, 6.07) is 0.424. The predicted octanol–water partition coefficient (Wildman–Crippen LogP) is 3.06. The van der Waals surface area contributed by atoms with E-state index in [0.717, 1.165) is 35.5 Å². The molecule has 0 aromatic carbocycles. The third-order valence-corrected chi connectivity index (χ3v) is 6.63. The van der Waals surface area contributed by atoms with Crippen LogP contribution in [0.1, 0.15) is 55.5 Å². The quantitative estimate of drug-likeness (QED) is 0.680. The van der Waals surface area contributed by atoms with Gasteiger partial charge >= 0.3 is 0 Å². The number of hydrogen-bond acceptors (Lipinski definition) is 4. The maximum Gasteiger partial charge on any atom is 0.230 e. The van der Waals surface area contributed by atoms with E-state index in [-0.39, 0.29) is 5.91 Å². The van der Waals surface area contributed by atoms with Crippen molar-refractivity contribution in [3.05, 3.63) is 17.0 Å². The molecular formula is C18H25N3OS. The van der Waals surface area contributed by atoms with Gasteiger partial charge in [0.2, 0.25) is 5.91 Å². The number of nitrogens with one attached hydrogen (secondary N) is 1. The minimum atomic E-state index is 0.145. The van der Waals surface area contributed by atoms with Gasteiger partial charge in [0, 0.05) is 17.4 Å². The fraction of sp³-hybridized carbons (Fsp3) is 0.722. The maximum atomic E-state index is 12.2. The Labute approximate surface area is 142 Å². The van der Waals surface area contributed by atoms with E-state index in [4.69, 9.17) is 0 Å². The van der Waals surface area contributed by atoms with Crippen molar-refractivity contribution in [2.75, 3.05) is 5.75 Å². The van der Waals surface area contributed by atoms with Crippen LogP contribution in [0.25, 0.3) is 0 Å². The molecule has 4 rings (SSSR count). The number of carbonyl (C=O) groups is 1. The van der Waals surface area contributed by atoms with Gasteiger partial charge in [-0.25, -0.2) is 9.97 Å². The summed E-state index contributed by atoms with van der Waals surface area (Å²) in [4.78, 5) is 21.5. The fourth-order valence-electron chi connectivity index (χ4n) is 4.62. The number of hydrogen-bond donors (Lipinski definition) is 1. The van der Waals surface area contributed by atoms with E-state index in [2.05, 4.69) is 22.2 Å². The molecule has 5 heteroatoms. The summed E-state index contributed by atoms with van der Waals surface area (Å²) in [6.07, 6.45) is 9.82. The van der Waals surface area contributed by atoms with Crippen molar-refractivity contribution < 1.29 is 4.79 Å². The summed E-state index contributed by atoms with van der Waals surface area (Å²) in [5.74, 6) is 2.18. The zero-order valence-corrected chi connectivity index (χ0v) is 14.6. The number of fused-ring (bicyclic) bond motifs is 3. The molecule has 3 atom stereocenters. The van der Waals surface area contributed by atoms with Crippen molar-refractivity contribution >= 4 is 17.7 Å². The van der Waals surface area contributed by atoms with E-state index in [0.29, 0.717) is 11.8 Å². The van der Waals surface area contributed by atoms with Crippen molar-refractivity contribution in [1.29, 1.82) is 0 Å². The molecule has 0 saturated heterocycles. The molecule has 23 heavy (non-hydrogen) atoms. The highest BCUT2D eigenvalue weighted by Crippen LogP contribution is 2.44. The molecule has 2 fully saturated rings. The molecule has 2 saturated carbocycles. The van der Waals surface area contributed by atoms with Crippen LogP contribution >= 0.6 is 11.8 Å². The number of aryl methyl sites for hydroxylation is 2. The second kappa shape index (κ2) is 6.42. The van der Waals surface area contributed by atoms with Crippen molar-refractivity contribution in [2.24, 2.45) is 11.8 Å². The minimum absolute atomic E-state index is 0.145. The van der Waals surface area contributed by atoms with Gasteiger partial charge in [-0.1, -0.05) is 18.2 Å². The second-order valence-corrected chi connectivity index (χ2v) is 8.30. The van der Waals surface area contributed by atoms with Crippen LogP contribution in [0.2, 0.25) is 0 Å². The lowest BCUT2D eigenvalue weighted by molar-refractivity contribution is -0.119. The molecule has 0 unspecified atom stereocenters. The highest BCUT2D eigenvalue weighted by molar-refractivity contribution is 7.99. The molecule has 1 N–H and O–H groups in total. The topological polar surface area (TPSA) is 54.9 Å². The third kappa shape index (κ3) is 3.25. The molecular weight excluding hydrogens is 306 g/mol. The molecule has 0 radical (unpaired) electrons. The number of aromatic nitrogens is 2. The first-order valence-electron chi connectivity index (χ1n) is 8.97. The van der Waals surface area contributed by atoms with Gasteiger partial charge in [0.25, 0.3) is 0 Å². The molecule has 0 aliphatic heterocycles. The molecule has 2 bridgehead atoms. The molecule has 3 aliphatic carbocycles. The maximum absolute atomic E-state index is 12.2. The van der Waals surface area contributed by atoms with Crippen LogP contribution in [-0.4, -0.2) is 27.7 Å². The first kappa shape index (κ1) is 15.4. The molecule has 1 heterocycles. The standard InChI is InChI=1S/C18H25N3OS/c1-11-14-4-2-3-5-15(14)21-18(19-11)23-10-17(22)20-16-9-12-6-7-13(16)8-12/h12-13,16H,2-10H2,1H3,(H,20,22)/t12-,13+,16+/m0/s1. The van der Waals surface area contributed by atoms with Crippen LogP contribution < -0.4 is 5.32 Å². The van der Waals surface area contributed by atoms with Crippen molar-refractivity contribution in [1.82, 2.24) is 15.3 Å². The molecule has 1 aromatic heterocycles. The normalized spacial score (nSPS) is 28.7. The molecule has 3 aliphatic rings. The highest BCUT2D eigenvalue weighted by Gasteiger charge is 2.40. The van der Waals surface area contributed by atoms with Crippen LogP contribution in [0.4, 0.5) is 0 Å². The van der Waals surface area contributed by atoms with E-state index in [9.17, 15) is 4.79 Å². The predicted molar refractivity (Wildman–Crippen MR) is 91.5 cm³/mol. The Morgan fingerprint density at radius 3 is 2.87 bits per heavy atom. The van der Waals surface area contributed by atoms with Gasteiger partial charge in [-0.2, -0.15) is 0 Å². The SMILES string of the molecule is Cc1nc(SCC(=O)N[C@@H]2C[C@H]3CC[C@@H]2C3)nc2c1CCCC2. The van der Waals surface area contributed by atoms with E-state index >= 15 is 0 Å². The molecule has 0 spiro atoms. The van der Waals surface area contributed by atoms with Crippen LogP contribution in [0.3, 0.4) is 0 Å². The number of carbonyl (C=O) groups excluding carboxylic acids is 1. The van der Waals surface area contributed by atoms with E-state index in [1.54, 1.807) is 0 Å². The largest absolute Gasteiger partial charge is 0.352 e. The Balaban J connectivity index is 1.33. The first-order chi connectivity index (χ1) is 11.2. The minimum Gasteiger partial charge on any atom is -0.352 e. The van der Waals surface area contributed by atoms with Gasteiger partial charge in [0.15, 0.2) is 5.16 Å². The van der Waals surface area contributed by atoms with Crippen LogP contribution in [-0.2, 0) is 17.6 Å². The van der Waals surface area contributed by atoms with E-state index in [1.807, 2.05) is 0 Å². The summed E-state index contributed by atoms with van der Waals surface area (Å²) in [5, 5.41) is 4.01. The summed E-state index contributed by atoms with van der Waals surface area (Å²) in [7, 11) is 0. The lowest BCUT2D eigenvalue weighted by atomic mass is 9.95.